The van der Waals surface area contributed by atoms with Crippen molar-refractivity contribution in [1.29, 1.82) is 0 Å². The lowest BCUT2D eigenvalue weighted by atomic mass is 9.77. The monoisotopic (exact) mass is 295 g/mol. The van der Waals surface area contributed by atoms with Crippen molar-refractivity contribution in [3.63, 3.8) is 0 Å². The van der Waals surface area contributed by atoms with Crippen molar-refractivity contribution in [2.75, 3.05) is 19.0 Å². The Kier molecular flexibility index (Phi) is 3.51. The normalized spacial score (nSPS) is 26.5. The zero-order chi connectivity index (χ0) is 14.9. The number of hydrogen-bond acceptors (Lipinski definition) is 3. The predicted octanol–water partition coefficient (Wildman–Crippen LogP) is 4.33. The number of methoxy groups -OCH3 is 1. The molecule has 3 atom stereocenters. The van der Waals surface area contributed by atoms with Crippen LogP contribution in [0.1, 0.15) is 36.1 Å². The average molecular weight is 295 g/mol. The molecule has 1 fully saturated rings. The Balaban J connectivity index is 1.77. The van der Waals surface area contributed by atoms with Gasteiger partial charge in [-0.3, -0.25) is 0 Å². The second-order valence-electron chi connectivity index (χ2n) is 6.08. The maximum atomic E-state index is 6.16. The lowest BCUT2D eigenvalue weighted by molar-refractivity contribution is -0.0382. The summed E-state index contributed by atoms with van der Waals surface area (Å²) in [6.45, 7) is 0.847. The highest BCUT2D eigenvalue weighted by Gasteiger charge is 2.39. The van der Waals surface area contributed by atoms with Gasteiger partial charge in [0.05, 0.1) is 19.3 Å². The third kappa shape index (κ3) is 2.26. The number of rotatable bonds is 2. The molecule has 2 aliphatic rings. The van der Waals surface area contributed by atoms with Crippen LogP contribution in [0, 0.1) is 5.92 Å². The van der Waals surface area contributed by atoms with Crippen LogP contribution in [0.2, 0.25) is 0 Å². The van der Waals surface area contributed by atoms with Crippen molar-refractivity contribution >= 4 is 5.69 Å². The molecule has 3 nitrogen and oxygen atoms in total. The fourth-order valence-corrected chi connectivity index (χ4v) is 3.77. The zero-order valence-corrected chi connectivity index (χ0v) is 12.8. The minimum atomic E-state index is 0.158. The van der Waals surface area contributed by atoms with Gasteiger partial charge in [-0.25, -0.2) is 0 Å². The Hall–Kier alpha value is -2.00. The van der Waals surface area contributed by atoms with E-state index in [2.05, 4.69) is 47.8 Å². The Bertz CT molecular complexity index is 656. The molecule has 2 aromatic carbocycles. The van der Waals surface area contributed by atoms with Gasteiger partial charge in [0.25, 0.3) is 0 Å². The molecule has 0 amide bonds. The quantitative estimate of drug-likeness (QED) is 0.894. The molecule has 0 bridgehead atoms. The van der Waals surface area contributed by atoms with Crippen LogP contribution in [-0.2, 0) is 4.74 Å². The first-order valence-corrected chi connectivity index (χ1v) is 7.98. The summed E-state index contributed by atoms with van der Waals surface area (Å²) in [5.41, 5.74) is 3.73. The van der Waals surface area contributed by atoms with E-state index in [4.69, 9.17) is 9.47 Å². The summed E-state index contributed by atoms with van der Waals surface area (Å²) in [5.74, 6) is 1.36. The highest BCUT2D eigenvalue weighted by Crippen LogP contribution is 2.49. The van der Waals surface area contributed by atoms with Gasteiger partial charge in [0, 0.05) is 23.8 Å². The summed E-state index contributed by atoms with van der Waals surface area (Å²) >= 11 is 0. The molecule has 0 aromatic heterocycles. The summed E-state index contributed by atoms with van der Waals surface area (Å²) in [6, 6.07) is 17.3. The minimum absolute atomic E-state index is 0.158. The third-order valence-electron chi connectivity index (χ3n) is 4.83. The Morgan fingerprint density at radius 3 is 2.82 bits per heavy atom. The second-order valence-corrected chi connectivity index (χ2v) is 6.08. The van der Waals surface area contributed by atoms with Crippen molar-refractivity contribution in [1.82, 2.24) is 0 Å². The van der Waals surface area contributed by atoms with Gasteiger partial charge < -0.3 is 14.8 Å². The van der Waals surface area contributed by atoms with Gasteiger partial charge in [0.2, 0.25) is 0 Å². The standard InChI is InChI=1S/C19H21NO2/c1-21-14-9-10-17-16(12-14)19-15(8-5-11-22-19)18(20-17)13-6-3-2-4-7-13/h2-4,6-7,9-10,12,15,18-20H,5,8,11H2,1H3/t15-,18?,19-/m0/s1. The van der Waals surface area contributed by atoms with Gasteiger partial charge in [0.15, 0.2) is 0 Å². The van der Waals surface area contributed by atoms with E-state index in [9.17, 15) is 0 Å². The van der Waals surface area contributed by atoms with Crippen molar-refractivity contribution in [2.45, 2.75) is 25.0 Å². The number of ether oxygens (including phenoxy) is 2. The van der Waals surface area contributed by atoms with Crippen LogP contribution in [0.4, 0.5) is 5.69 Å². The first-order chi connectivity index (χ1) is 10.9. The maximum absolute atomic E-state index is 6.16. The van der Waals surface area contributed by atoms with Crippen LogP contribution in [0.3, 0.4) is 0 Å². The van der Waals surface area contributed by atoms with Gasteiger partial charge in [-0.1, -0.05) is 30.3 Å². The molecule has 22 heavy (non-hydrogen) atoms. The van der Waals surface area contributed by atoms with Crippen LogP contribution in [0.15, 0.2) is 48.5 Å². The van der Waals surface area contributed by atoms with E-state index < -0.39 is 0 Å². The molecule has 1 N–H and O–H groups in total. The maximum Gasteiger partial charge on any atom is 0.119 e. The van der Waals surface area contributed by atoms with Gasteiger partial charge in [0.1, 0.15) is 5.75 Å². The molecule has 2 heterocycles. The van der Waals surface area contributed by atoms with Crippen LogP contribution in [0.5, 0.6) is 5.75 Å². The van der Waals surface area contributed by atoms with Crippen molar-refractivity contribution in [3.05, 3.63) is 59.7 Å². The summed E-state index contributed by atoms with van der Waals surface area (Å²) in [7, 11) is 1.71. The fraction of sp³-hybridized carbons (Fsp3) is 0.368. The van der Waals surface area contributed by atoms with E-state index in [0.717, 1.165) is 24.5 Å². The topological polar surface area (TPSA) is 30.5 Å². The Labute approximate surface area is 131 Å². The molecule has 3 heteroatoms. The molecular formula is C19H21NO2. The van der Waals surface area contributed by atoms with E-state index in [0.29, 0.717) is 12.0 Å². The molecule has 2 aliphatic heterocycles. The van der Waals surface area contributed by atoms with Crippen LogP contribution < -0.4 is 10.1 Å². The molecule has 114 valence electrons. The van der Waals surface area contributed by atoms with E-state index >= 15 is 0 Å². The molecule has 0 aliphatic carbocycles. The van der Waals surface area contributed by atoms with Crippen molar-refractivity contribution < 1.29 is 9.47 Å². The predicted molar refractivity (Wildman–Crippen MR) is 87.2 cm³/mol. The molecular weight excluding hydrogens is 274 g/mol. The van der Waals surface area contributed by atoms with Gasteiger partial charge in [-0.15, -0.1) is 0 Å². The Morgan fingerprint density at radius 2 is 2.00 bits per heavy atom. The van der Waals surface area contributed by atoms with E-state index in [1.165, 1.54) is 17.5 Å². The van der Waals surface area contributed by atoms with E-state index in [1.54, 1.807) is 7.11 Å². The highest BCUT2D eigenvalue weighted by molar-refractivity contribution is 5.59. The Morgan fingerprint density at radius 1 is 1.14 bits per heavy atom. The van der Waals surface area contributed by atoms with Gasteiger partial charge in [-0.2, -0.15) is 0 Å². The molecule has 1 saturated heterocycles. The van der Waals surface area contributed by atoms with Crippen LogP contribution in [-0.4, -0.2) is 13.7 Å². The SMILES string of the molecule is COc1ccc2c(c1)[C@H]1OCCC[C@H]1C(c1ccccc1)N2. The van der Waals surface area contributed by atoms with Crippen LogP contribution in [0.25, 0.3) is 0 Å². The second kappa shape index (κ2) is 5.65. The molecule has 0 spiro atoms. The summed E-state index contributed by atoms with van der Waals surface area (Å²) in [5, 5.41) is 3.73. The summed E-state index contributed by atoms with van der Waals surface area (Å²) < 4.78 is 11.6. The molecule has 2 aromatic rings. The lowest BCUT2D eigenvalue weighted by Crippen LogP contribution is -2.35. The van der Waals surface area contributed by atoms with Gasteiger partial charge in [-0.05, 0) is 36.6 Å². The number of anilines is 1. The van der Waals surface area contributed by atoms with Crippen molar-refractivity contribution in [3.8, 4) is 5.75 Å². The van der Waals surface area contributed by atoms with E-state index in [1.807, 2.05) is 6.07 Å². The lowest BCUT2D eigenvalue weighted by Gasteiger charge is -2.43. The molecule has 0 radical (unpaired) electrons. The fourth-order valence-electron chi connectivity index (χ4n) is 3.77. The van der Waals surface area contributed by atoms with Crippen LogP contribution >= 0.6 is 0 Å². The van der Waals surface area contributed by atoms with E-state index in [-0.39, 0.29) is 6.10 Å². The minimum Gasteiger partial charge on any atom is -0.497 e. The average Bonchev–Trinajstić information content (AvgIpc) is 2.61. The number of nitrogens with one attached hydrogen (secondary N) is 1. The molecule has 0 saturated carbocycles. The zero-order valence-electron chi connectivity index (χ0n) is 12.8. The summed E-state index contributed by atoms with van der Waals surface area (Å²) in [4.78, 5) is 0. The first kappa shape index (κ1) is 13.6. The van der Waals surface area contributed by atoms with Crippen molar-refractivity contribution in [2.24, 2.45) is 5.92 Å². The third-order valence-corrected chi connectivity index (χ3v) is 4.83. The number of fused-ring (bicyclic) bond motifs is 3. The molecule has 4 rings (SSSR count). The first-order valence-electron chi connectivity index (χ1n) is 7.98. The highest BCUT2D eigenvalue weighted by atomic mass is 16.5. The summed E-state index contributed by atoms with van der Waals surface area (Å²) in [6.07, 6.45) is 2.48. The number of benzene rings is 2. The largest absolute Gasteiger partial charge is 0.497 e. The molecule has 1 unspecified atom stereocenters. The van der Waals surface area contributed by atoms with Gasteiger partial charge >= 0.3 is 0 Å². The smallest absolute Gasteiger partial charge is 0.119 e. The number of hydrogen-bond donors (Lipinski definition) is 1.